The molecule has 0 saturated heterocycles. The van der Waals surface area contributed by atoms with Crippen LogP contribution in [0.2, 0.25) is 0 Å². The van der Waals surface area contributed by atoms with Crippen LogP contribution in [0.5, 0.6) is 0 Å². The third kappa shape index (κ3) is 4.81. The van der Waals surface area contributed by atoms with Crippen LogP contribution < -0.4 is 0 Å². The van der Waals surface area contributed by atoms with Gasteiger partial charge in [0.25, 0.3) is 0 Å². The molecule has 92 valence electrons. The lowest BCUT2D eigenvalue weighted by Crippen LogP contribution is -2.32. The van der Waals surface area contributed by atoms with Crippen molar-refractivity contribution in [3.63, 3.8) is 0 Å². The van der Waals surface area contributed by atoms with Gasteiger partial charge in [0.15, 0.2) is 6.10 Å². The van der Waals surface area contributed by atoms with E-state index < -0.39 is 0 Å². The molecule has 0 fully saturated rings. The van der Waals surface area contributed by atoms with Crippen LogP contribution in [-0.2, 0) is 4.74 Å². The van der Waals surface area contributed by atoms with Gasteiger partial charge in [0.05, 0.1) is 28.4 Å². The van der Waals surface area contributed by atoms with E-state index in [1.807, 2.05) is 20.8 Å². The summed E-state index contributed by atoms with van der Waals surface area (Å²) in [5.74, 6) is 0. The fraction of sp³-hybridized carbons (Fsp3) is 0.636. The van der Waals surface area contributed by atoms with E-state index in [1.165, 1.54) is 0 Å². The molecular formula is C11H15N3OS2. The molecule has 0 aromatic carbocycles. The summed E-state index contributed by atoms with van der Waals surface area (Å²) in [5.41, 5.74) is -0.229. The molecule has 0 N–H and O–H groups in total. The Morgan fingerprint density at radius 2 is 2.24 bits per heavy atom. The van der Waals surface area contributed by atoms with E-state index in [0.717, 1.165) is 0 Å². The van der Waals surface area contributed by atoms with E-state index in [4.69, 9.17) is 17.0 Å². The Hall–Kier alpha value is -0.970. The molecular weight excluding hydrogens is 254 g/mol. The van der Waals surface area contributed by atoms with Crippen molar-refractivity contribution in [2.45, 2.75) is 38.5 Å². The van der Waals surface area contributed by atoms with Gasteiger partial charge in [0.1, 0.15) is 6.04 Å². The zero-order chi connectivity index (χ0) is 12.9. The normalized spacial score (nSPS) is 21.4. The predicted octanol–water partition coefficient (Wildman–Crippen LogP) is 2.99. The summed E-state index contributed by atoms with van der Waals surface area (Å²) in [6.45, 7) is 6.31. The fourth-order valence-electron chi connectivity index (χ4n) is 1.20. The van der Waals surface area contributed by atoms with Gasteiger partial charge in [0.2, 0.25) is 0 Å². The molecule has 0 aromatic rings. The summed E-state index contributed by atoms with van der Waals surface area (Å²) in [7, 11) is 0. The maximum absolute atomic E-state index is 5.39. The van der Waals surface area contributed by atoms with Gasteiger partial charge < -0.3 is 4.74 Å². The van der Waals surface area contributed by atoms with E-state index >= 15 is 0 Å². The molecule has 0 spiro atoms. The topological polar surface area (TPSA) is 46.3 Å². The Balaban J connectivity index is 2.77. The molecule has 1 heterocycles. The number of isothiocyanates is 1. The highest BCUT2D eigenvalue weighted by Gasteiger charge is 2.28. The van der Waals surface area contributed by atoms with E-state index in [9.17, 15) is 0 Å². The molecule has 1 aliphatic heterocycles. The minimum absolute atomic E-state index is 0.229. The van der Waals surface area contributed by atoms with E-state index in [1.54, 1.807) is 12.3 Å². The number of hydrogen-bond donors (Lipinski definition) is 0. The molecule has 0 saturated carbocycles. The van der Waals surface area contributed by atoms with Crippen molar-refractivity contribution < 1.29 is 4.74 Å². The van der Waals surface area contributed by atoms with Gasteiger partial charge in [-0.2, -0.15) is 10.2 Å². The molecule has 2 atom stereocenters. The van der Waals surface area contributed by atoms with Crippen LogP contribution >= 0.6 is 24.4 Å². The third-order valence-electron chi connectivity index (χ3n) is 1.94. The first-order valence-corrected chi connectivity index (χ1v) is 6.07. The number of nitrogens with zero attached hydrogens (tertiary/aromatic N) is 3. The number of aliphatic imine (C=N–C) groups is 1. The Labute approximate surface area is 112 Å². The summed E-state index contributed by atoms with van der Waals surface area (Å²) >= 11 is 9.73. The highest BCUT2D eigenvalue weighted by Crippen LogP contribution is 2.17. The minimum Gasteiger partial charge on any atom is -0.490 e. The molecule has 4 nitrogen and oxygen atoms in total. The van der Waals surface area contributed by atoms with Crippen molar-refractivity contribution in [1.82, 2.24) is 0 Å². The van der Waals surface area contributed by atoms with Crippen molar-refractivity contribution in [3.8, 4) is 0 Å². The van der Waals surface area contributed by atoms with Crippen LogP contribution in [0.4, 0.5) is 0 Å². The van der Waals surface area contributed by atoms with Gasteiger partial charge in [-0.3, -0.25) is 0 Å². The Bertz CT molecular complexity index is 392. The van der Waals surface area contributed by atoms with Crippen molar-refractivity contribution in [1.29, 1.82) is 0 Å². The molecule has 0 bridgehead atoms. The summed E-state index contributed by atoms with van der Waals surface area (Å²) in [4.78, 5) is 4.61. The first-order valence-electron chi connectivity index (χ1n) is 5.25. The molecule has 1 aliphatic rings. The number of rotatable bonds is 4. The van der Waals surface area contributed by atoms with Crippen LogP contribution in [0.25, 0.3) is 0 Å². The van der Waals surface area contributed by atoms with Crippen LogP contribution in [0.15, 0.2) is 27.6 Å². The SMILES string of the molecule is CC(C)(C)N=NC(CN=C=S)C1OC=CC1=S. The molecule has 0 amide bonds. The molecule has 6 heteroatoms. The standard InChI is InChI=1S/C11H15N3OS2/c1-11(2,3)14-13-8(6-12-7-16)10-9(17)4-5-15-10/h4-5,8,10H,6H2,1-3H3. The maximum atomic E-state index is 5.39. The third-order valence-corrected chi connectivity index (χ3v) is 2.43. The van der Waals surface area contributed by atoms with Crippen molar-refractivity contribution >= 4 is 34.5 Å². The lowest BCUT2D eigenvalue weighted by atomic mass is 10.1. The Morgan fingerprint density at radius 1 is 1.53 bits per heavy atom. The second-order valence-electron chi connectivity index (χ2n) is 4.65. The van der Waals surface area contributed by atoms with Crippen LogP contribution in [-0.4, -0.2) is 34.3 Å². The van der Waals surface area contributed by atoms with Crippen molar-refractivity contribution in [2.75, 3.05) is 6.54 Å². The number of ether oxygens (including phenoxy) is 1. The highest BCUT2D eigenvalue weighted by atomic mass is 32.1. The van der Waals surface area contributed by atoms with Gasteiger partial charge >= 0.3 is 0 Å². The Kier molecular flexibility index (Phi) is 5.05. The summed E-state index contributed by atoms with van der Waals surface area (Å²) in [5, 5.41) is 10.8. The minimum atomic E-state index is -0.275. The first kappa shape index (κ1) is 14.1. The maximum Gasteiger partial charge on any atom is 0.159 e. The molecule has 17 heavy (non-hydrogen) atoms. The average molecular weight is 269 g/mol. The lowest BCUT2D eigenvalue weighted by Gasteiger charge is -2.18. The first-order chi connectivity index (χ1) is 7.94. The number of hydrogen-bond acceptors (Lipinski definition) is 6. The predicted molar refractivity (Wildman–Crippen MR) is 74.9 cm³/mol. The van der Waals surface area contributed by atoms with Crippen molar-refractivity contribution in [2.24, 2.45) is 15.2 Å². The quantitative estimate of drug-likeness (QED) is 0.448. The molecule has 0 radical (unpaired) electrons. The van der Waals surface area contributed by atoms with Crippen LogP contribution in [0.3, 0.4) is 0 Å². The molecule has 0 aliphatic carbocycles. The second-order valence-corrected chi connectivity index (χ2v) is 5.30. The molecule has 2 unspecified atom stereocenters. The van der Waals surface area contributed by atoms with Gasteiger partial charge in [-0.05, 0) is 39.1 Å². The van der Waals surface area contributed by atoms with E-state index in [2.05, 4.69) is 32.6 Å². The summed E-state index contributed by atoms with van der Waals surface area (Å²) in [6.07, 6.45) is 3.05. The van der Waals surface area contributed by atoms with Crippen LogP contribution in [0.1, 0.15) is 20.8 Å². The Morgan fingerprint density at radius 3 is 2.71 bits per heavy atom. The largest absolute Gasteiger partial charge is 0.490 e. The zero-order valence-corrected chi connectivity index (χ0v) is 11.7. The van der Waals surface area contributed by atoms with E-state index in [-0.39, 0.29) is 17.7 Å². The van der Waals surface area contributed by atoms with Crippen molar-refractivity contribution in [3.05, 3.63) is 12.3 Å². The second kappa shape index (κ2) is 6.10. The van der Waals surface area contributed by atoms with Gasteiger partial charge in [0, 0.05) is 0 Å². The summed E-state index contributed by atoms with van der Waals surface area (Å²) < 4.78 is 5.39. The number of azo groups is 1. The van der Waals surface area contributed by atoms with Gasteiger partial charge in [-0.15, -0.1) is 0 Å². The summed E-state index contributed by atoms with van der Waals surface area (Å²) in [6, 6.07) is -0.243. The monoisotopic (exact) mass is 269 g/mol. The lowest BCUT2D eigenvalue weighted by molar-refractivity contribution is 0.188. The van der Waals surface area contributed by atoms with Gasteiger partial charge in [-0.25, -0.2) is 4.99 Å². The van der Waals surface area contributed by atoms with Gasteiger partial charge in [-0.1, -0.05) is 12.2 Å². The zero-order valence-electron chi connectivity index (χ0n) is 10.1. The number of thiocarbonyl (C=S) groups is 2. The van der Waals surface area contributed by atoms with E-state index in [0.29, 0.717) is 11.4 Å². The molecule has 1 rings (SSSR count). The fourth-order valence-corrected chi connectivity index (χ4v) is 1.55. The van der Waals surface area contributed by atoms with Crippen LogP contribution in [0, 0.1) is 0 Å². The highest BCUT2D eigenvalue weighted by molar-refractivity contribution is 7.80. The molecule has 0 aromatic heterocycles. The average Bonchev–Trinajstić information content (AvgIpc) is 2.63. The smallest absolute Gasteiger partial charge is 0.159 e.